The zero-order valence-electron chi connectivity index (χ0n) is 15.8. The maximum absolute atomic E-state index is 12.7. The normalized spacial score (nSPS) is 17.1. The first-order valence-corrected chi connectivity index (χ1v) is 9.93. The number of hydrogen-bond acceptors (Lipinski definition) is 5. The first-order chi connectivity index (χ1) is 14.7. The molecule has 0 aliphatic carbocycles. The second kappa shape index (κ2) is 8.49. The quantitative estimate of drug-likeness (QED) is 0.562. The second-order valence-electron chi connectivity index (χ2n) is 6.82. The molecule has 0 radical (unpaired) electrons. The van der Waals surface area contributed by atoms with E-state index >= 15 is 0 Å². The smallest absolute Gasteiger partial charge is 0.370 e. The van der Waals surface area contributed by atoms with Gasteiger partial charge in [0.05, 0.1) is 24.1 Å². The molecule has 0 saturated carbocycles. The minimum Gasteiger partial charge on any atom is -0.370 e. The molecule has 4 rings (SSSR count). The Hall–Kier alpha value is -2.62. The summed E-state index contributed by atoms with van der Waals surface area (Å²) < 4.78 is 44.9. The summed E-state index contributed by atoms with van der Waals surface area (Å²) in [7, 11) is 0. The third-order valence-electron chi connectivity index (χ3n) is 4.84. The molecular weight excluding hydrogens is 456 g/mol. The Morgan fingerprint density at radius 1 is 1.06 bits per heavy atom. The van der Waals surface area contributed by atoms with Crippen molar-refractivity contribution in [2.45, 2.75) is 12.3 Å². The number of nitrogens with zero attached hydrogens (tertiary/aromatic N) is 4. The largest absolute Gasteiger partial charge is 0.417 e. The number of anilines is 1. The van der Waals surface area contributed by atoms with Crippen molar-refractivity contribution in [2.24, 2.45) is 0 Å². The minimum absolute atomic E-state index is 0.0625. The molecule has 0 amide bonds. The molecule has 1 saturated heterocycles. The van der Waals surface area contributed by atoms with Crippen molar-refractivity contribution in [3.05, 3.63) is 80.3 Å². The van der Waals surface area contributed by atoms with Crippen LogP contribution in [-0.4, -0.2) is 34.5 Å². The van der Waals surface area contributed by atoms with E-state index in [9.17, 15) is 18.0 Å². The zero-order valence-corrected chi connectivity index (χ0v) is 17.3. The summed E-state index contributed by atoms with van der Waals surface area (Å²) in [5, 5.41) is 4.57. The van der Waals surface area contributed by atoms with E-state index in [0.717, 1.165) is 22.4 Å². The predicted octanol–water partition coefficient (Wildman–Crippen LogP) is 4.53. The van der Waals surface area contributed by atoms with Crippen LogP contribution in [0.15, 0.2) is 53.6 Å². The van der Waals surface area contributed by atoms with Gasteiger partial charge in [-0.05, 0) is 29.8 Å². The van der Waals surface area contributed by atoms with Crippen LogP contribution in [0.4, 0.5) is 18.9 Å². The lowest BCUT2D eigenvalue weighted by molar-refractivity contribution is -0.137. The van der Waals surface area contributed by atoms with Crippen LogP contribution >= 0.6 is 23.2 Å². The topological polar surface area (TPSA) is 60.3 Å². The van der Waals surface area contributed by atoms with Crippen LogP contribution in [0.5, 0.6) is 0 Å². The molecule has 1 fully saturated rings. The van der Waals surface area contributed by atoms with Gasteiger partial charge in [0.2, 0.25) is 0 Å². The summed E-state index contributed by atoms with van der Waals surface area (Å²) in [6, 6.07) is 9.17. The molecule has 0 N–H and O–H groups in total. The summed E-state index contributed by atoms with van der Waals surface area (Å²) in [6.45, 7) is 1.34. The number of ether oxygens (including phenoxy) is 1. The maximum Gasteiger partial charge on any atom is 0.417 e. The van der Waals surface area contributed by atoms with Gasteiger partial charge in [-0.1, -0.05) is 35.3 Å². The van der Waals surface area contributed by atoms with Gasteiger partial charge in [-0.3, -0.25) is 4.79 Å². The van der Waals surface area contributed by atoms with Gasteiger partial charge >= 0.3 is 6.18 Å². The molecule has 3 heterocycles. The zero-order chi connectivity index (χ0) is 22.2. The molecule has 1 unspecified atom stereocenters. The van der Waals surface area contributed by atoms with Crippen LogP contribution in [0.1, 0.15) is 17.2 Å². The lowest BCUT2D eigenvalue weighted by Gasteiger charge is -2.34. The fourth-order valence-electron chi connectivity index (χ4n) is 3.23. The summed E-state index contributed by atoms with van der Waals surface area (Å²) >= 11 is 12.3. The Morgan fingerprint density at radius 2 is 1.81 bits per heavy atom. The molecule has 31 heavy (non-hydrogen) atoms. The van der Waals surface area contributed by atoms with Crippen LogP contribution in [0.3, 0.4) is 0 Å². The SMILES string of the molecule is O=c1c(Cl)c(N2CCOC(c3ccc(Cl)cc3)C2)cnn1-c1ccc(C(F)(F)F)cn1. The van der Waals surface area contributed by atoms with Crippen molar-refractivity contribution >= 4 is 28.9 Å². The van der Waals surface area contributed by atoms with Gasteiger partial charge in [-0.25, -0.2) is 4.98 Å². The van der Waals surface area contributed by atoms with Gasteiger partial charge in [0.15, 0.2) is 5.82 Å². The van der Waals surface area contributed by atoms with Crippen molar-refractivity contribution in [3.63, 3.8) is 0 Å². The van der Waals surface area contributed by atoms with Crippen LogP contribution < -0.4 is 10.5 Å². The number of halogens is 5. The molecule has 1 atom stereocenters. The van der Waals surface area contributed by atoms with Gasteiger partial charge in [0.1, 0.15) is 11.1 Å². The highest BCUT2D eigenvalue weighted by Crippen LogP contribution is 2.30. The third kappa shape index (κ3) is 4.53. The van der Waals surface area contributed by atoms with Crippen LogP contribution in [-0.2, 0) is 10.9 Å². The van der Waals surface area contributed by atoms with Crippen molar-refractivity contribution < 1.29 is 17.9 Å². The van der Waals surface area contributed by atoms with E-state index in [1.54, 1.807) is 12.1 Å². The van der Waals surface area contributed by atoms with Crippen LogP contribution in [0.2, 0.25) is 10.0 Å². The van der Waals surface area contributed by atoms with Crippen LogP contribution in [0, 0.1) is 0 Å². The molecule has 0 bridgehead atoms. The summed E-state index contributed by atoms with van der Waals surface area (Å²) in [4.78, 5) is 18.3. The van der Waals surface area contributed by atoms with Crippen LogP contribution in [0.25, 0.3) is 5.82 Å². The Kier molecular flexibility index (Phi) is 5.92. The molecule has 1 aliphatic rings. The first-order valence-electron chi connectivity index (χ1n) is 9.17. The Balaban J connectivity index is 1.60. The Bertz CT molecular complexity index is 1140. The standard InChI is InChI=1S/C20H15Cl2F3N4O2/c21-14-4-1-12(2-5-14)16-11-28(7-8-31-16)15-10-27-29(19(30)18(15)22)17-6-3-13(9-26-17)20(23,24)25/h1-6,9-10,16H,7-8,11H2. The maximum atomic E-state index is 12.7. The van der Waals surface area contributed by atoms with E-state index in [-0.39, 0.29) is 16.9 Å². The van der Waals surface area contributed by atoms with Gasteiger partial charge in [0, 0.05) is 24.3 Å². The van der Waals surface area contributed by atoms with E-state index in [0.29, 0.717) is 36.6 Å². The third-order valence-corrected chi connectivity index (χ3v) is 5.45. The Morgan fingerprint density at radius 3 is 2.45 bits per heavy atom. The summed E-state index contributed by atoms with van der Waals surface area (Å²) in [5.41, 5.74) is -0.257. The average molecular weight is 471 g/mol. The van der Waals surface area contributed by atoms with Crippen molar-refractivity contribution in [3.8, 4) is 5.82 Å². The monoisotopic (exact) mass is 470 g/mol. The molecule has 0 spiro atoms. The highest BCUT2D eigenvalue weighted by Gasteiger charge is 2.31. The lowest BCUT2D eigenvalue weighted by Crippen LogP contribution is -2.39. The van der Waals surface area contributed by atoms with Gasteiger partial charge < -0.3 is 9.64 Å². The second-order valence-corrected chi connectivity index (χ2v) is 7.63. The van der Waals surface area contributed by atoms with E-state index < -0.39 is 17.3 Å². The van der Waals surface area contributed by atoms with E-state index in [1.165, 1.54) is 6.20 Å². The highest BCUT2D eigenvalue weighted by atomic mass is 35.5. The number of rotatable bonds is 3. The number of hydrogen-bond donors (Lipinski definition) is 0. The molecule has 11 heteroatoms. The van der Waals surface area contributed by atoms with E-state index in [4.69, 9.17) is 27.9 Å². The lowest BCUT2D eigenvalue weighted by atomic mass is 10.1. The average Bonchev–Trinajstić information content (AvgIpc) is 2.76. The van der Waals surface area contributed by atoms with E-state index in [2.05, 4.69) is 10.1 Å². The molecule has 1 aliphatic heterocycles. The van der Waals surface area contributed by atoms with E-state index in [1.807, 2.05) is 17.0 Å². The fraction of sp³-hybridized carbons (Fsp3) is 0.250. The van der Waals surface area contributed by atoms with Gasteiger partial charge in [-0.15, -0.1) is 0 Å². The highest BCUT2D eigenvalue weighted by molar-refractivity contribution is 6.33. The van der Waals surface area contributed by atoms with Crippen molar-refractivity contribution in [1.29, 1.82) is 0 Å². The molecule has 6 nitrogen and oxygen atoms in total. The molecule has 3 aromatic rings. The van der Waals surface area contributed by atoms with Gasteiger partial charge in [0.25, 0.3) is 5.56 Å². The number of pyridine rings is 1. The fourth-order valence-corrected chi connectivity index (χ4v) is 3.61. The summed E-state index contributed by atoms with van der Waals surface area (Å²) in [6.07, 6.45) is -2.74. The number of aromatic nitrogens is 3. The van der Waals surface area contributed by atoms with Crippen molar-refractivity contribution in [2.75, 3.05) is 24.6 Å². The number of benzene rings is 1. The first kappa shape index (κ1) is 21.6. The molecular formula is C20H15Cl2F3N4O2. The van der Waals surface area contributed by atoms with Gasteiger partial charge in [-0.2, -0.15) is 23.0 Å². The Labute approximate surface area is 184 Å². The predicted molar refractivity (Wildman–Crippen MR) is 110 cm³/mol. The molecule has 2 aromatic heterocycles. The molecule has 162 valence electrons. The summed E-state index contributed by atoms with van der Waals surface area (Å²) in [5.74, 6) is -0.0625. The molecule has 1 aromatic carbocycles. The number of morpholine rings is 1. The van der Waals surface area contributed by atoms with Crippen molar-refractivity contribution in [1.82, 2.24) is 14.8 Å². The number of alkyl halides is 3. The minimum atomic E-state index is -4.53.